The standard InChI is InChI=1S/C19H25N3O/c1-19(2,3)18(23)22(15-10-6-5-7-11-15)14-17(20-4)16-12-8-9-13-21-16/h5-13,17,20H,14H2,1-4H3. The van der Waals surface area contributed by atoms with E-state index in [-0.39, 0.29) is 11.9 Å². The molecule has 1 aromatic heterocycles. The zero-order chi connectivity index (χ0) is 16.9. The fourth-order valence-electron chi connectivity index (χ4n) is 2.42. The van der Waals surface area contributed by atoms with Gasteiger partial charge in [0.15, 0.2) is 0 Å². The van der Waals surface area contributed by atoms with E-state index in [0.29, 0.717) is 6.54 Å². The number of carbonyl (C=O) groups excluding carboxylic acids is 1. The van der Waals surface area contributed by atoms with Gasteiger partial charge in [0, 0.05) is 23.8 Å². The number of aromatic nitrogens is 1. The normalized spacial score (nSPS) is 12.7. The third-order valence-corrected chi connectivity index (χ3v) is 3.71. The molecular formula is C19H25N3O. The number of anilines is 1. The summed E-state index contributed by atoms with van der Waals surface area (Å²) in [6.45, 7) is 6.37. The average Bonchev–Trinajstić information content (AvgIpc) is 2.56. The van der Waals surface area contributed by atoms with Crippen molar-refractivity contribution in [3.8, 4) is 0 Å². The van der Waals surface area contributed by atoms with Gasteiger partial charge in [-0.1, -0.05) is 45.0 Å². The highest BCUT2D eigenvalue weighted by molar-refractivity contribution is 5.97. The molecule has 0 saturated carbocycles. The monoisotopic (exact) mass is 311 g/mol. The Morgan fingerprint density at radius 3 is 2.30 bits per heavy atom. The zero-order valence-corrected chi connectivity index (χ0v) is 14.3. The number of hydrogen-bond donors (Lipinski definition) is 1. The van der Waals surface area contributed by atoms with Crippen molar-refractivity contribution < 1.29 is 4.79 Å². The minimum atomic E-state index is -0.446. The smallest absolute Gasteiger partial charge is 0.232 e. The van der Waals surface area contributed by atoms with E-state index in [1.165, 1.54) is 0 Å². The van der Waals surface area contributed by atoms with Crippen molar-refractivity contribution in [3.05, 3.63) is 60.4 Å². The molecule has 0 bridgehead atoms. The van der Waals surface area contributed by atoms with Gasteiger partial charge in [-0.3, -0.25) is 9.78 Å². The molecule has 23 heavy (non-hydrogen) atoms. The number of likely N-dealkylation sites (N-methyl/N-ethyl adjacent to an activating group) is 1. The van der Waals surface area contributed by atoms with E-state index in [2.05, 4.69) is 10.3 Å². The predicted octanol–water partition coefficient (Wildman–Crippen LogP) is 3.42. The lowest BCUT2D eigenvalue weighted by Gasteiger charge is -2.32. The Kier molecular flexibility index (Phi) is 5.50. The molecular weight excluding hydrogens is 286 g/mol. The van der Waals surface area contributed by atoms with Crippen molar-refractivity contribution in [2.24, 2.45) is 5.41 Å². The van der Waals surface area contributed by atoms with Crippen LogP contribution in [0.25, 0.3) is 0 Å². The number of hydrogen-bond acceptors (Lipinski definition) is 3. The molecule has 0 aliphatic heterocycles. The lowest BCUT2D eigenvalue weighted by Crippen LogP contribution is -2.44. The maximum atomic E-state index is 12.9. The van der Waals surface area contributed by atoms with Crippen molar-refractivity contribution in [1.82, 2.24) is 10.3 Å². The Labute approximate surface area is 138 Å². The first-order valence-corrected chi connectivity index (χ1v) is 7.88. The van der Waals surface area contributed by atoms with E-state index in [1.807, 2.05) is 81.2 Å². The minimum Gasteiger partial charge on any atom is -0.310 e. The molecule has 1 atom stereocenters. The Morgan fingerprint density at radius 2 is 1.78 bits per heavy atom. The van der Waals surface area contributed by atoms with Crippen molar-refractivity contribution in [2.75, 3.05) is 18.5 Å². The number of pyridine rings is 1. The zero-order valence-electron chi connectivity index (χ0n) is 14.3. The van der Waals surface area contributed by atoms with Gasteiger partial charge >= 0.3 is 0 Å². The second kappa shape index (κ2) is 7.38. The Morgan fingerprint density at radius 1 is 1.13 bits per heavy atom. The summed E-state index contributed by atoms with van der Waals surface area (Å²) < 4.78 is 0. The van der Waals surface area contributed by atoms with Gasteiger partial charge in [0.05, 0.1) is 11.7 Å². The fourth-order valence-corrected chi connectivity index (χ4v) is 2.42. The number of nitrogens with one attached hydrogen (secondary N) is 1. The topological polar surface area (TPSA) is 45.2 Å². The van der Waals surface area contributed by atoms with Crippen LogP contribution >= 0.6 is 0 Å². The van der Waals surface area contributed by atoms with E-state index in [0.717, 1.165) is 11.4 Å². The number of benzene rings is 1. The summed E-state index contributed by atoms with van der Waals surface area (Å²) in [4.78, 5) is 19.2. The first kappa shape index (κ1) is 17.2. The number of rotatable bonds is 5. The van der Waals surface area contributed by atoms with E-state index >= 15 is 0 Å². The first-order chi connectivity index (χ1) is 10.9. The highest BCUT2D eigenvalue weighted by atomic mass is 16.2. The molecule has 1 unspecified atom stereocenters. The summed E-state index contributed by atoms with van der Waals surface area (Å²) in [5.41, 5.74) is 1.39. The van der Waals surface area contributed by atoms with E-state index in [4.69, 9.17) is 0 Å². The van der Waals surface area contributed by atoms with Crippen molar-refractivity contribution in [2.45, 2.75) is 26.8 Å². The van der Waals surface area contributed by atoms with Gasteiger partial charge in [-0.05, 0) is 31.3 Å². The maximum absolute atomic E-state index is 12.9. The summed E-state index contributed by atoms with van der Waals surface area (Å²) in [5.74, 6) is 0.0971. The largest absolute Gasteiger partial charge is 0.310 e. The lowest BCUT2D eigenvalue weighted by molar-refractivity contribution is -0.125. The number of para-hydroxylation sites is 1. The fraction of sp³-hybridized carbons (Fsp3) is 0.368. The maximum Gasteiger partial charge on any atom is 0.232 e. The number of amides is 1. The van der Waals surface area contributed by atoms with E-state index in [9.17, 15) is 4.79 Å². The van der Waals surface area contributed by atoms with Gasteiger partial charge in [0.1, 0.15) is 0 Å². The average molecular weight is 311 g/mol. The summed E-state index contributed by atoms with van der Waals surface area (Å²) >= 11 is 0. The molecule has 4 nitrogen and oxygen atoms in total. The summed E-state index contributed by atoms with van der Waals surface area (Å²) in [5, 5.41) is 3.27. The van der Waals surface area contributed by atoms with Crippen molar-refractivity contribution in [3.63, 3.8) is 0 Å². The van der Waals surface area contributed by atoms with Crippen LogP contribution in [0.3, 0.4) is 0 Å². The molecule has 0 aliphatic rings. The lowest BCUT2D eigenvalue weighted by atomic mass is 9.94. The number of carbonyl (C=O) groups is 1. The van der Waals surface area contributed by atoms with Crippen LogP contribution in [-0.2, 0) is 4.79 Å². The molecule has 0 spiro atoms. The van der Waals surface area contributed by atoms with Crippen LogP contribution < -0.4 is 10.2 Å². The molecule has 122 valence electrons. The summed E-state index contributed by atoms with van der Waals surface area (Å²) in [6.07, 6.45) is 1.78. The summed E-state index contributed by atoms with van der Waals surface area (Å²) in [6, 6.07) is 15.6. The molecule has 0 radical (unpaired) electrons. The van der Waals surface area contributed by atoms with Gasteiger partial charge in [0.25, 0.3) is 0 Å². The van der Waals surface area contributed by atoms with Crippen LogP contribution in [0.1, 0.15) is 32.5 Å². The van der Waals surface area contributed by atoms with Crippen LogP contribution in [0.5, 0.6) is 0 Å². The van der Waals surface area contributed by atoms with Gasteiger partial charge in [-0.2, -0.15) is 0 Å². The molecule has 0 aliphatic carbocycles. The molecule has 4 heteroatoms. The van der Waals surface area contributed by atoms with Gasteiger partial charge in [-0.25, -0.2) is 0 Å². The minimum absolute atomic E-state index is 0.0253. The second-order valence-corrected chi connectivity index (χ2v) is 6.60. The third-order valence-electron chi connectivity index (χ3n) is 3.71. The number of nitrogens with zero attached hydrogens (tertiary/aromatic N) is 2. The molecule has 1 aromatic carbocycles. The van der Waals surface area contributed by atoms with Crippen molar-refractivity contribution in [1.29, 1.82) is 0 Å². The first-order valence-electron chi connectivity index (χ1n) is 7.88. The molecule has 1 heterocycles. The molecule has 0 saturated heterocycles. The van der Waals surface area contributed by atoms with Crippen LogP contribution in [0.15, 0.2) is 54.7 Å². The Hall–Kier alpha value is -2.20. The SMILES string of the molecule is CNC(CN(C(=O)C(C)(C)C)c1ccccc1)c1ccccn1. The van der Waals surface area contributed by atoms with Crippen LogP contribution in [0, 0.1) is 5.41 Å². The van der Waals surface area contributed by atoms with Crippen LogP contribution in [0.4, 0.5) is 5.69 Å². The third kappa shape index (κ3) is 4.39. The second-order valence-electron chi connectivity index (χ2n) is 6.60. The Balaban J connectivity index is 2.32. The highest BCUT2D eigenvalue weighted by Gasteiger charge is 2.30. The predicted molar refractivity (Wildman–Crippen MR) is 94.3 cm³/mol. The van der Waals surface area contributed by atoms with Gasteiger partial charge in [0.2, 0.25) is 5.91 Å². The van der Waals surface area contributed by atoms with Crippen molar-refractivity contribution >= 4 is 11.6 Å². The van der Waals surface area contributed by atoms with Crippen LogP contribution in [0.2, 0.25) is 0 Å². The molecule has 2 aromatic rings. The quantitative estimate of drug-likeness (QED) is 0.920. The Bertz CT molecular complexity index is 620. The van der Waals surface area contributed by atoms with E-state index in [1.54, 1.807) is 6.20 Å². The van der Waals surface area contributed by atoms with E-state index < -0.39 is 5.41 Å². The molecule has 1 amide bonds. The van der Waals surface area contributed by atoms with Gasteiger partial charge < -0.3 is 10.2 Å². The van der Waals surface area contributed by atoms with Gasteiger partial charge in [-0.15, -0.1) is 0 Å². The molecule has 2 rings (SSSR count). The molecule has 1 N–H and O–H groups in total. The summed E-state index contributed by atoms with van der Waals surface area (Å²) in [7, 11) is 1.89. The molecule has 0 fully saturated rings. The van der Waals surface area contributed by atoms with Crippen LogP contribution in [-0.4, -0.2) is 24.5 Å². The highest BCUT2D eigenvalue weighted by Crippen LogP contribution is 2.25.